The Balaban J connectivity index is 0.000000101. The van der Waals surface area contributed by atoms with E-state index in [1.54, 1.807) is 0 Å². The number of pyridine rings is 1. The van der Waals surface area contributed by atoms with Crippen molar-refractivity contribution in [2.45, 2.75) is 57.8 Å². The minimum absolute atomic E-state index is 0.0418. The second-order valence-corrected chi connectivity index (χ2v) is 40.8. The van der Waals surface area contributed by atoms with E-state index < -0.39 is 0 Å². The van der Waals surface area contributed by atoms with Crippen LogP contribution in [0.2, 0.25) is 0 Å². The molecule has 0 spiro atoms. The maximum Gasteiger partial charge on any atom is 0.143 e. The summed E-state index contributed by atoms with van der Waals surface area (Å²) in [5, 5.41) is 23.1. The molecule has 636 valence electrons. The number of aromatic nitrogens is 4. The van der Waals surface area contributed by atoms with Gasteiger partial charge in [-0.05, 0) is 231 Å². The average molecular weight is 1760 g/mol. The highest BCUT2D eigenvalue weighted by Gasteiger charge is 2.43. The Labute approximate surface area is 787 Å². The molecule has 5 nitrogen and oxygen atoms in total. The fraction of sp³-hybridized carbons (Fsp3) is 0.0703. The number of thiophene rings is 2. The summed E-state index contributed by atoms with van der Waals surface area (Å²) in [4.78, 5) is 5.18. The Kier molecular flexibility index (Phi) is 16.7. The number of benzene rings is 20. The number of nitrogens with zero attached hydrogens (tertiary/aromatic N) is 4. The monoisotopic (exact) mass is 1760 g/mol. The topological polar surface area (TPSA) is 40.8 Å². The van der Waals surface area contributed by atoms with Crippen LogP contribution in [0.4, 0.5) is 0 Å². The van der Waals surface area contributed by atoms with Crippen molar-refractivity contribution in [3.05, 3.63) is 446 Å². The van der Waals surface area contributed by atoms with Gasteiger partial charge in [0.15, 0.2) is 0 Å². The van der Waals surface area contributed by atoms with Crippen LogP contribution in [0, 0.1) is 0 Å². The zero-order valence-electron chi connectivity index (χ0n) is 75.3. The molecule has 0 bridgehead atoms. The van der Waals surface area contributed by atoms with Gasteiger partial charge in [-0.3, -0.25) is 4.57 Å². The van der Waals surface area contributed by atoms with E-state index >= 15 is 0 Å². The minimum Gasteiger partial charge on any atom is -0.455 e. The summed E-state index contributed by atoms with van der Waals surface area (Å²) in [6, 6.07) is 150. The molecule has 0 atom stereocenters. The summed E-state index contributed by atoms with van der Waals surface area (Å²) in [5.74, 6) is 0.908. The van der Waals surface area contributed by atoms with E-state index in [9.17, 15) is 0 Å². The van der Waals surface area contributed by atoms with Crippen LogP contribution < -0.4 is 0 Å². The molecule has 7 heteroatoms. The predicted molar refractivity (Wildman–Crippen MR) is 575 cm³/mol. The van der Waals surface area contributed by atoms with Gasteiger partial charge in [-0.2, -0.15) is 0 Å². The minimum atomic E-state index is -0.183. The highest BCUT2D eigenvalue weighted by molar-refractivity contribution is 7.26. The molecule has 20 aromatic carbocycles. The number of fused-ring (bicyclic) bond motifs is 35. The Hall–Kier alpha value is -16.0. The molecule has 0 radical (unpaired) electrons. The van der Waals surface area contributed by atoms with Crippen molar-refractivity contribution in [1.82, 2.24) is 18.7 Å². The number of rotatable bonds is 6. The van der Waals surface area contributed by atoms with Crippen molar-refractivity contribution in [3.8, 4) is 84.0 Å². The lowest BCUT2D eigenvalue weighted by Gasteiger charge is -2.24. The van der Waals surface area contributed by atoms with Crippen LogP contribution in [-0.2, 0) is 16.2 Å². The van der Waals surface area contributed by atoms with Gasteiger partial charge in [-0.25, -0.2) is 4.98 Å². The van der Waals surface area contributed by atoms with Crippen LogP contribution in [0.1, 0.15) is 74.9 Å². The van der Waals surface area contributed by atoms with Gasteiger partial charge in [-0.15, -0.1) is 22.7 Å². The summed E-state index contributed by atoms with van der Waals surface area (Å²) >= 11 is 3.75. The number of furan rings is 1. The lowest BCUT2D eigenvalue weighted by Crippen LogP contribution is -2.16. The van der Waals surface area contributed by atoms with Crippen LogP contribution in [0.15, 0.2) is 417 Å². The number of hydrogen-bond acceptors (Lipinski definition) is 4. The SMILES string of the molecule is CC1(C)c2ccccc2-c2c1c1c(c3ccccc23)c2ccccc2n1-c1ccc(-c2cccc3c2oc2ccccc23)cn1.CC1(C)c2ccccc2-c2cc3c(cc21)c1cc2ccccc2cc1n3-c1ccc(-c2cccc3sc4ccccc4c23)cc1.CC1(C)c2ccccc2-c2ccc3c4c5ccccc5ccc4n(-c4ccc(-c5ccc6sc7ccccc7c6c5)cc4)c3c21. The molecule has 30 rings (SSSR count). The van der Waals surface area contributed by atoms with E-state index in [1.807, 2.05) is 41.0 Å². The molecule has 7 heterocycles. The van der Waals surface area contributed by atoms with E-state index in [0.717, 1.165) is 44.4 Å². The largest absolute Gasteiger partial charge is 0.455 e. The Morgan fingerprint density at radius 2 is 0.785 bits per heavy atom. The van der Waals surface area contributed by atoms with Crippen molar-refractivity contribution in [2.24, 2.45) is 0 Å². The summed E-state index contributed by atoms with van der Waals surface area (Å²) in [7, 11) is 0. The van der Waals surface area contributed by atoms with E-state index in [4.69, 9.17) is 9.40 Å². The molecule has 0 aliphatic heterocycles. The maximum atomic E-state index is 6.37. The Bertz CT molecular complexity index is 9770. The number of hydrogen-bond donors (Lipinski definition) is 0. The molecule has 135 heavy (non-hydrogen) atoms. The van der Waals surface area contributed by atoms with Gasteiger partial charge in [0.25, 0.3) is 0 Å². The summed E-state index contributed by atoms with van der Waals surface area (Å²) in [5.41, 5.74) is 34.9. The third-order valence-electron chi connectivity index (χ3n) is 30.4. The highest BCUT2D eigenvalue weighted by Crippen LogP contribution is 2.59. The summed E-state index contributed by atoms with van der Waals surface area (Å²) < 4.78 is 19.1. The van der Waals surface area contributed by atoms with Crippen LogP contribution >= 0.6 is 22.7 Å². The van der Waals surface area contributed by atoms with Crippen molar-refractivity contribution >= 4 is 183 Å². The van der Waals surface area contributed by atoms with Crippen LogP contribution in [-0.4, -0.2) is 18.7 Å². The lowest BCUT2D eigenvalue weighted by molar-refractivity contribution is 0.661. The first-order chi connectivity index (χ1) is 66.2. The predicted octanol–water partition coefficient (Wildman–Crippen LogP) is 35.8. The van der Waals surface area contributed by atoms with Crippen molar-refractivity contribution in [2.75, 3.05) is 0 Å². The maximum absolute atomic E-state index is 6.37. The average Bonchev–Trinajstić information content (AvgIpc) is 1.29. The zero-order valence-corrected chi connectivity index (χ0v) is 76.9. The van der Waals surface area contributed by atoms with Crippen molar-refractivity contribution < 1.29 is 4.42 Å². The van der Waals surface area contributed by atoms with Gasteiger partial charge in [0.05, 0.1) is 33.1 Å². The molecule has 3 aliphatic rings. The van der Waals surface area contributed by atoms with E-state index in [2.05, 4.69) is 450 Å². The summed E-state index contributed by atoms with van der Waals surface area (Å²) in [6.07, 6.45) is 2.00. The molecule has 7 aromatic heterocycles. The first kappa shape index (κ1) is 77.7. The quantitative estimate of drug-likeness (QED) is 0.166. The van der Waals surface area contributed by atoms with Gasteiger partial charge >= 0.3 is 0 Å². The molecule has 0 unspecified atom stereocenters. The first-order valence-electron chi connectivity index (χ1n) is 46.9. The van der Waals surface area contributed by atoms with Gasteiger partial charge < -0.3 is 13.6 Å². The molecule has 0 fully saturated rings. The van der Waals surface area contributed by atoms with Crippen LogP contribution in [0.25, 0.3) is 244 Å². The van der Waals surface area contributed by atoms with Gasteiger partial charge in [0.2, 0.25) is 0 Å². The lowest BCUT2D eigenvalue weighted by atomic mass is 9.80. The van der Waals surface area contributed by atoms with E-state index in [0.29, 0.717) is 0 Å². The molecule has 3 aliphatic carbocycles. The molecule has 0 amide bonds. The third kappa shape index (κ3) is 11.3. The van der Waals surface area contributed by atoms with Crippen LogP contribution in [0.3, 0.4) is 0 Å². The molecule has 0 N–H and O–H groups in total. The number of para-hydroxylation sites is 3. The van der Waals surface area contributed by atoms with Crippen molar-refractivity contribution in [1.29, 1.82) is 0 Å². The Morgan fingerprint density at radius 3 is 1.56 bits per heavy atom. The second-order valence-electron chi connectivity index (χ2n) is 38.6. The molecule has 0 saturated carbocycles. The van der Waals surface area contributed by atoms with Crippen LogP contribution in [0.5, 0.6) is 0 Å². The van der Waals surface area contributed by atoms with Gasteiger partial charge in [-0.1, -0.05) is 339 Å². The molecule has 27 aromatic rings. The Morgan fingerprint density at radius 1 is 0.244 bits per heavy atom. The standard InChI is InChI=1S/2C43H29NS.C42H28N2O/c1-43(2)36-15-7-5-12-31(36)33-25-39-35(24-37(33)43)34-22-27-10-3-4-11-28(27)23-38(34)44(39)29-20-18-26(19-21-29)30-14-9-17-41-42(30)32-13-6-8-16-40(32)45-41;1-43(2)36-13-7-5-11-31(36)33-21-22-34-40-30-10-4-3-9-27(30)17-23-37(40)44(42(34)41(33)43)29-19-15-26(16-20-29)28-18-24-39-35(25-28)32-12-6-8-14-38(32)45-39;1-42(2)33-19-8-5-15-31(33)37-28-13-3-4-14-29(28)38-32-16-6-9-20-34(32)44(40(38)39(37)42)36-23-22-25(24-43-36)26-17-11-18-30-27-12-7-10-21-35(27)45-41(26)30/h2*3-25H,1-2H3;3-24H,1-2H3. The highest BCUT2D eigenvalue weighted by atomic mass is 32.1. The normalized spacial score (nSPS) is 13.7. The van der Waals surface area contributed by atoms with E-state index in [1.165, 1.54) is 233 Å². The van der Waals surface area contributed by atoms with Gasteiger partial charge in [0, 0.05) is 128 Å². The summed E-state index contributed by atoms with van der Waals surface area (Å²) in [6.45, 7) is 14.3. The molecule has 0 saturated heterocycles. The second kappa shape index (κ2) is 29.0. The van der Waals surface area contributed by atoms with Gasteiger partial charge in [0.1, 0.15) is 17.0 Å². The van der Waals surface area contributed by atoms with Crippen molar-refractivity contribution in [3.63, 3.8) is 0 Å². The smallest absolute Gasteiger partial charge is 0.143 e. The first-order valence-corrected chi connectivity index (χ1v) is 48.6. The molecular weight excluding hydrogens is 1670 g/mol. The van der Waals surface area contributed by atoms with E-state index in [-0.39, 0.29) is 16.2 Å². The fourth-order valence-electron chi connectivity index (χ4n) is 24.2. The zero-order chi connectivity index (χ0) is 89.6. The fourth-order valence-corrected chi connectivity index (χ4v) is 26.4. The molecular formula is C128H86N4OS2. The third-order valence-corrected chi connectivity index (χ3v) is 32.6.